The number of fused-ring (bicyclic) bond motifs is 1. The maximum atomic E-state index is 3.64. The van der Waals surface area contributed by atoms with E-state index < -0.39 is 0 Å². The van der Waals surface area contributed by atoms with Crippen LogP contribution in [0.25, 0.3) is 0 Å². The van der Waals surface area contributed by atoms with E-state index in [0.29, 0.717) is 6.04 Å². The normalized spacial score (nSPS) is 19.2. The molecule has 0 radical (unpaired) electrons. The third-order valence-corrected chi connectivity index (χ3v) is 3.60. The van der Waals surface area contributed by atoms with Crippen molar-refractivity contribution in [2.24, 2.45) is 0 Å². The molecule has 0 saturated carbocycles. The van der Waals surface area contributed by atoms with Crippen molar-refractivity contribution in [2.75, 3.05) is 18.5 Å². The Balaban J connectivity index is 1.89. The van der Waals surface area contributed by atoms with Crippen LogP contribution in [0.5, 0.6) is 0 Å². The van der Waals surface area contributed by atoms with Gasteiger partial charge in [-0.25, -0.2) is 0 Å². The summed E-state index contributed by atoms with van der Waals surface area (Å²) in [4.78, 5) is 2.34. The predicted octanol–water partition coefficient (Wildman–Crippen LogP) is 2.97. The standard InChI is InChI=1S/C16H18N2/c1-18-12-15(13-7-3-2-4-8-13)17-11-14-9-5-6-10-16(14)18/h2-10,15,17H,11-12H2,1H3. The second kappa shape index (κ2) is 4.83. The van der Waals surface area contributed by atoms with Gasteiger partial charge in [-0.05, 0) is 17.2 Å². The lowest BCUT2D eigenvalue weighted by molar-refractivity contribution is 0.548. The minimum Gasteiger partial charge on any atom is -0.372 e. The molecule has 92 valence electrons. The van der Waals surface area contributed by atoms with Gasteiger partial charge in [0.25, 0.3) is 0 Å². The molecule has 2 aromatic rings. The highest BCUT2D eigenvalue weighted by molar-refractivity contribution is 5.54. The molecule has 0 aliphatic carbocycles. The Morgan fingerprint density at radius 3 is 2.56 bits per heavy atom. The van der Waals surface area contributed by atoms with E-state index in [0.717, 1.165) is 13.1 Å². The van der Waals surface area contributed by atoms with Gasteiger partial charge in [-0.3, -0.25) is 0 Å². The molecule has 0 amide bonds. The minimum absolute atomic E-state index is 0.392. The van der Waals surface area contributed by atoms with E-state index in [2.05, 4.69) is 71.9 Å². The van der Waals surface area contributed by atoms with Crippen molar-refractivity contribution < 1.29 is 0 Å². The summed E-state index contributed by atoms with van der Waals surface area (Å²) in [6, 6.07) is 19.7. The van der Waals surface area contributed by atoms with Gasteiger partial charge in [0.2, 0.25) is 0 Å². The van der Waals surface area contributed by atoms with Crippen LogP contribution >= 0.6 is 0 Å². The van der Waals surface area contributed by atoms with Gasteiger partial charge < -0.3 is 10.2 Å². The summed E-state index contributed by atoms with van der Waals surface area (Å²) < 4.78 is 0. The van der Waals surface area contributed by atoms with Gasteiger partial charge in [0.1, 0.15) is 0 Å². The van der Waals surface area contributed by atoms with Crippen LogP contribution in [0.2, 0.25) is 0 Å². The molecule has 0 spiro atoms. The molecular weight excluding hydrogens is 220 g/mol. The summed E-state index contributed by atoms with van der Waals surface area (Å²) >= 11 is 0. The fourth-order valence-electron chi connectivity index (χ4n) is 2.61. The molecule has 2 aromatic carbocycles. The van der Waals surface area contributed by atoms with E-state index in [1.54, 1.807) is 0 Å². The van der Waals surface area contributed by atoms with E-state index in [4.69, 9.17) is 0 Å². The molecule has 1 N–H and O–H groups in total. The highest BCUT2D eigenvalue weighted by Gasteiger charge is 2.19. The van der Waals surface area contributed by atoms with Crippen LogP contribution < -0.4 is 10.2 Å². The first-order chi connectivity index (χ1) is 8.84. The van der Waals surface area contributed by atoms with Gasteiger partial charge in [-0.1, -0.05) is 48.5 Å². The van der Waals surface area contributed by atoms with Crippen molar-refractivity contribution in [2.45, 2.75) is 12.6 Å². The maximum Gasteiger partial charge on any atom is 0.0500 e. The lowest BCUT2D eigenvalue weighted by atomic mass is 10.1. The van der Waals surface area contributed by atoms with Crippen molar-refractivity contribution in [3.8, 4) is 0 Å². The van der Waals surface area contributed by atoms with Gasteiger partial charge >= 0.3 is 0 Å². The summed E-state index contributed by atoms with van der Waals surface area (Å²) in [7, 11) is 2.17. The van der Waals surface area contributed by atoms with Gasteiger partial charge in [0.15, 0.2) is 0 Å². The molecule has 2 heteroatoms. The molecule has 18 heavy (non-hydrogen) atoms. The molecule has 0 saturated heterocycles. The highest BCUT2D eigenvalue weighted by Crippen LogP contribution is 2.26. The predicted molar refractivity (Wildman–Crippen MR) is 75.7 cm³/mol. The summed E-state index contributed by atoms with van der Waals surface area (Å²) in [5.41, 5.74) is 4.07. The van der Waals surface area contributed by atoms with Crippen LogP contribution in [-0.2, 0) is 6.54 Å². The topological polar surface area (TPSA) is 15.3 Å². The molecular formula is C16H18N2. The van der Waals surface area contributed by atoms with Crippen LogP contribution in [0, 0.1) is 0 Å². The summed E-state index contributed by atoms with van der Waals surface area (Å²) in [5, 5.41) is 3.64. The zero-order valence-corrected chi connectivity index (χ0v) is 10.6. The van der Waals surface area contributed by atoms with E-state index >= 15 is 0 Å². The average molecular weight is 238 g/mol. The third kappa shape index (κ3) is 2.12. The lowest BCUT2D eigenvalue weighted by Crippen LogP contribution is -2.29. The number of nitrogens with zero attached hydrogens (tertiary/aromatic N) is 1. The van der Waals surface area contributed by atoms with Crippen molar-refractivity contribution in [1.29, 1.82) is 0 Å². The number of rotatable bonds is 1. The van der Waals surface area contributed by atoms with Gasteiger partial charge in [-0.2, -0.15) is 0 Å². The number of likely N-dealkylation sites (N-methyl/N-ethyl adjacent to an activating group) is 1. The van der Waals surface area contributed by atoms with Crippen LogP contribution in [0.3, 0.4) is 0 Å². The molecule has 1 aliphatic rings. The van der Waals surface area contributed by atoms with E-state index in [-0.39, 0.29) is 0 Å². The average Bonchev–Trinajstić information content (AvgIpc) is 2.60. The molecule has 1 heterocycles. The minimum atomic E-state index is 0.392. The molecule has 1 atom stereocenters. The number of anilines is 1. The fraction of sp³-hybridized carbons (Fsp3) is 0.250. The first kappa shape index (κ1) is 11.3. The number of benzene rings is 2. The smallest absolute Gasteiger partial charge is 0.0500 e. The second-order valence-electron chi connectivity index (χ2n) is 4.85. The van der Waals surface area contributed by atoms with Crippen LogP contribution in [0.15, 0.2) is 54.6 Å². The zero-order valence-electron chi connectivity index (χ0n) is 10.6. The van der Waals surface area contributed by atoms with Crippen LogP contribution in [0.4, 0.5) is 5.69 Å². The Morgan fingerprint density at radius 1 is 1.00 bits per heavy atom. The molecule has 0 fully saturated rings. The number of hydrogen-bond donors (Lipinski definition) is 1. The molecule has 3 rings (SSSR count). The van der Waals surface area contributed by atoms with Crippen LogP contribution in [-0.4, -0.2) is 13.6 Å². The molecule has 2 nitrogen and oxygen atoms in total. The van der Waals surface area contributed by atoms with Gasteiger partial charge in [-0.15, -0.1) is 0 Å². The SMILES string of the molecule is CN1CC(c2ccccc2)NCc2ccccc21. The largest absolute Gasteiger partial charge is 0.372 e. The molecule has 1 aliphatic heterocycles. The molecule has 0 aromatic heterocycles. The van der Waals surface area contributed by atoms with E-state index in [9.17, 15) is 0 Å². The number of nitrogens with one attached hydrogen (secondary N) is 1. The van der Waals surface area contributed by atoms with Crippen molar-refractivity contribution in [3.05, 3.63) is 65.7 Å². The quantitative estimate of drug-likeness (QED) is 0.821. The number of para-hydroxylation sites is 1. The van der Waals surface area contributed by atoms with E-state index in [1.165, 1.54) is 16.8 Å². The van der Waals surface area contributed by atoms with Crippen molar-refractivity contribution in [3.63, 3.8) is 0 Å². The molecule has 1 unspecified atom stereocenters. The Labute approximate surface area is 108 Å². The Hall–Kier alpha value is -1.80. The lowest BCUT2D eigenvalue weighted by Gasteiger charge is -2.23. The fourth-order valence-corrected chi connectivity index (χ4v) is 2.61. The number of hydrogen-bond acceptors (Lipinski definition) is 2. The molecule has 0 bridgehead atoms. The van der Waals surface area contributed by atoms with Crippen molar-refractivity contribution in [1.82, 2.24) is 5.32 Å². The summed E-state index contributed by atoms with van der Waals surface area (Å²) in [6.07, 6.45) is 0. The Kier molecular flexibility index (Phi) is 3.03. The maximum absolute atomic E-state index is 3.64. The monoisotopic (exact) mass is 238 g/mol. The summed E-state index contributed by atoms with van der Waals surface area (Å²) in [6.45, 7) is 1.93. The third-order valence-electron chi connectivity index (χ3n) is 3.60. The highest BCUT2D eigenvalue weighted by atomic mass is 15.1. The Bertz CT molecular complexity index is 522. The first-order valence-electron chi connectivity index (χ1n) is 6.42. The Morgan fingerprint density at radius 2 is 1.72 bits per heavy atom. The van der Waals surface area contributed by atoms with Gasteiger partial charge in [0, 0.05) is 25.8 Å². The first-order valence-corrected chi connectivity index (χ1v) is 6.42. The van der Waals surface area contributed by atoms with Crippen molar-refractivity contribution >= 4 is 5.69 Å². The van der Waals surface area contributed by atoms with E-state index in [1.807, 2.05) is 0 Å². The summed E-state index contributed by atoms with van der Waals surface area (Å²) in [5.74, 6) is 0. The van der Waals surface area contributed by atoms with Crippen LogP contribution in [0.1, 0.15) is 17.2 Å². The zero-order chi connectivity index (χ0) is 12.4. The van der Waals surface area contributed by atoms with Gasteiger partial charge in [0.05, 0.1) is 6.04 Å². The second-order valence-corrected chi connectivity index (χ2v) is 4.85.